The SMILES string of the molecule is O=C(CN1C(=O)[C@@H]2[C@H](C1=O)[C@H]1C=C[C@H]2C1)NCCC1=CCCCC1. The minimum absolute atomic E-state index is 0.122. The molecule has 1 N–H and O–H groups in total. The molecule has 0 aromatic carbocycles. The molecule has 0 aromatic rings. The van der Waals surface area contributed by atoms with Crippen molar-refractivity contribution >= 4 is 17.7 Å². The van der Waals surface area contributed by atoms with Gasteiger partial charge in [0.25, 0.3) is 0 Å². The number of nitrogens with one attached hydrogen (secondary N) is 1. The summed E-state index contributed by atoms with van der Waals surface area (Å²) >= 11 is 0. The van der Waals surface area contributed by atoms with Gasteiger partial charge in [0.1, 0.15) is 6.54 Å². The van der Waals surface area contributed by atoms with Crippen molar-refractivity contribution in [1.82, 2.24) is 10.2 Å². The molecule has 24 heavy (non-hydrogen) atoms. The number of nitrogens with zero attached hydrogens (tertiary/aromatic N) is 1. The molecule has 2 fully saturated rings. The number of carbonyl (C=O) groups excluding carboxylic acids is 3. The van der Waals surface area contributed by atoms with Gasteiger partial charge in [-0.3, -0.25) is 19.3 Å². The van der Waals surface area contributed by atoms with Gasteiger partial charge in [-0.05, 0) is 50.4 Å². The lowest BCUT2D eigenvalue weighted by atomic mass is 9.85. The number of allylic oxidation sites excluding steroid dienone is 3. The Morgan fingerprint density at radius 2 is 1.83 bits per heavy atom. The second-order valence-corrected chi connectivity index (χ2v) is 7.47. The van der Waals surface area contributed by atoms with E-state index in [9.17, 15) is 14.4 Å². The Morgan fingerprint density at radius 3 is 2.46 bits per heavy atom. The molecule has 1 saturated heterocycles. The van der Waals surface area contributed by atoms with Gasteiger partial charge in [0.05, 0.1) is 11.8 Å². The fourth-order valence-electron chi connectivity index (χ4n) is 4.81. The van der Waals surface area contributed by atoms with Crippen LogP contribution in [0.5, 0.6) is 0 Å². The van der Waals surface area contributed by atoms with E-state index in [2.05, 4.69) is 23.5 Å². The lowest BCUT2D eigenvalue weighted by Crippen LogP contribution is -2.42. The summed E-state index contributed by atoms with van der Waals surface area (Å²) in [4.78, 5) is 38.4. The van der Waals surface area contributed by atoms with Crippen LogP contribution in [-0.4, -0.2) is 35.7 Å². The quantitative estimate of drug-likeness (QED) is 0.618. The van der Waals surface area contributed by atoms with E-state index in [1.54, 1.807) is 0 Å². The third-order valence-corrected chi connectivity index (χ3v) is 6.02. The maximum absolute atomic E-state index is 12.5. The van der Waals surface area contributed by atoms with Crippen LogP contribution in [0, 0.1) is 23.7 Å². The van der Waals surface area contributed by atoms with E-state index >= 15 is 0 Å². The molecule has 0 aromatic heterocycles. The highest BCUT2D eigenvalue weighted by atomic mass is 16.2. The number of likely N-dealkylation sites (tertiary alicyclic amines) is 1. The van der Waals surface area contributed by atoms with Crippen LogP contribution < -0.4 is 5.32 Å². The summed E-state index contributed by atoms with van der Waals surface area (Å²) in [7, 11) is 0. The van der Waals surface area contributed by atoms with Gasteiger partial charge in [-0.25, -0.2) is 0 Å². The molecule has 5 heteroatoms. The van der Waals surface area contributed by atoms with E-state index in [1.165, 1.54) is 23.3 Å². The van der Waals surface area contributed by atoms with Crippen LogP contribution in [0.4, 0.5) is 0 Å². The lowest BCUT2D eigenvalue weighted by Gasteiger charge is -2.17. The normalized spacial score (nSPS) is 33.8. The van der Waals surface area contributed by atoms with Gasteiger partial charge in [0.2, 0.25) is 17.7 Å². The third kappa shape index (κ3) is 2.60. The van der Waals surface area contributed by atoms with Crippen molar-refractivity contribution < 1.29 is 14.4 Å². The van der Waals surface area contributed by atoms with Crippen LogP contribution in [0.15, 0.2) is 23.8 Å². The Morgan fingerprint density at radius 1 is 1.12 bits per heavy atom. The molecule has 5 nitrogen and oxygen atoms in total. The Kier molecular flexibility index (Phi) is 4.02. The topological polar surface area (TPSA) is 66.5 Å². The van der Waals surface area contributed by atoms with Crippen LogP contribution in [0.25, 0.3) is 0 Å². The molecule has 3 aliphatic carbocycles. The Bertz CT molecular complexity index is 607. The number of rotatable bonds is 5. The van der Waals surface area contributed by atoms with E-state index < -0.39 is 0 Å². The molecule has 0 unspecified atom stereocenters. The van der Waals surface area contributed by atoms with Crippen molar-refractivity contribution in [2.45, 2.75) is 38.5 Å². The smallest absolute Gasteiger partial charge is 0.240 e. The second kappa shape index (κ2) is 6.19. The maximum atomic E-state index is 12.5. The molecule has 4 aliphatic rings. The first-order valence-electron chi connectivity index (χ1n) is 9.13. The molecule has 1 saturated carbocycles. The number of imide groups is 1. The zero-order chi connectivity index (χ0) is 16.7. The summed E-state index contributed by atoms with van der Waals surface area (Å²) in [6.07, 6.45) is 12.9. The maximum Gasteiger partial charge on any atom is 0.240 e. The Balaban J connectivity index is 1.29. The molecule has 4 rings (SSSR count). The largest absolute Gasteiger partial charge is 0.354 e. The summed E-state index contributed by atoms with van der Waals surface area (Å²) in [6, 6.07) is 0. The number of fused-ring (bicyclic) bond motifs is 5. The van der Waals surface area contributed by atoms with Gasteiger partial charge in [0, 0.05) is 6.54 Å². The highest BCUT2D eigenvalue weighted by Crippen LogP contribution is 2.52. The summed E-state index contributed by atoms with van der Waals surface area (Å²) in [5.41, 5.74) is 1.41. The number of carbonyl (C=O) groups is 3. The van der Waals surface area contributed by atoms with Crippen LogP contribution in [0.2, 0.25) is 0 Å². The van der Waals surface area contributed by atoms with Crippen LogP contribution in [-0.2, 0) is 14.4 Å². The Labute approximate surface area is 142 Å². The van der Waals surface area contributed by atoms with E-state index in [-0.39, 0.29) is 47.9 Å². The summed E-state index contributed by atoms with van der Waals surface area (Å²) in [5.74, 6) is -0.557. The molecule has 0 spiro atoms. The van der Waals surface area contributed by atoms with Crippen LogP contribution >= 0.6 is 0 Å². The zero-order valence-electron chi connectivity index (χ0n) is 13.9. The van der Waals surface area contributed by atoms with E-state index in [4.69, 9.17) is 0 Å². The summed E-state index contributed by atoms with van der Waals surface area (Å²) in [5, 5.41) is 2.86. The van der Waals surface area contributed by atoms with Gasteiger partial charge in [0.15, 0.2) is 0 Å². The molecule has 1 aliphatic heterocycles. The molecular weight excluding hydrogens is 304 g/mol. The predicted octanol–water partition coefficient (Wildman–Crippen LogP) is 1.80. The highest BCUT2D eigenvalue weighted by molar-refractivity contribution is 6.08. The second-order valence-electron chi connectivity index (χ2n) is 7.47. The van der Waals surface area contributed by atoms with Crippen molar-refractivity contribution in [2.24, 2.45) is 23.7 Å². The first-order valence-corrected chi connectivity index (χ1v) is 9.13. The van der Waals surface area contributed by atoms with Crippen molar-refractivity contribution in [1.29, 1.82) is 0 Å². The molecule has 0 radical (unpaired) electrons. The third-order valence-electron chi connectivity index (χ3n) is 6.02. The van der Waals surface area contributed by atoms with Crippen molar-refractivity contribution in [3.63, 3.8) is 0 Å². The van der Waals surface area contributed by atoms with Crippen LogP contribution in [0.1, 0.15) is 38.5 Å². The van der Waals surface area contributed by atoms with Gasteiger partial charge >= 0.3 is 0 Å². The standard InChI is InChI=1S/C19H24N2O3/c22-15(20-9-8-12-4-2-1-3-5-12)11-21-18(23)16-13-6-7-14(10-13)17(16)19(21)24/h4,6-7,13-14,16-17H,1-3,5,8-11H2,(H,20,22)/t13-,14-,16-,17+/m0/s1. The van der Waals surface area contributed by atoms with Gasteiger partial charge in [-0.2, -0.15) is 0 Å². The predicted molar refractivity (Wildman–Crippen MR) is 88.6 cm³/mol. The van der Waals surface area contributed by atoms with E-state index in [0.29, 0.717) is 6.54 Å². The number of amides is 3. The highest BCUT2D eigenvalue weighted by Gasteiger charge is 2.59. The van der Waals surface area contributed by atoms with Gasteiger partial charge < -0.3 is 5.32 Å². The summed E-state index contributed by atoms with van der Waals surface area (Å²) in [6.45, 7) is 0.462. The monoisotopic (exact) mass is 328 g/mol. The van der Waals surface area contributed by atoms with Crippen LogP contribution in [0.3, 0.4) is 0 Å². The molecule has 2 bridgehead atoms. The minimum Gasteiger partial charge on any atom is -0.354 e. The fourth-order valence-corrected chi connectivity index (χ4v) is 4.81. The van der Waals surface area contributed by atoms with E-state index in [1.807, 2.05) is 0 Å². The number of hydrogen-bond acceptors (Lipinski definition) is 3. The minimum atomic E-state index is -0.228. The van der Waals surface area contributed by atoms with Crippen molar-refractivity contribution in [3.05, 3.63) is 23.8 Å². The molecular formula is C19H24N2O3. The Hall–Kier alpha value is -1.91. The zero-order valence-corrected chi connectivity index (χ0v) is 13.9. The first kappa shape index (κ1) is 15.6. The van der Waals surface area contributed by atoms with Gasteiger partial charge in [-0.15, -0.1) is 0 Å². The van der Waals surface area contributed by atoms with Crippen molar-refractivity contribution in [3.8, 4) is 0 Å². The molecule has 128 valence electrons. The summed E-state index contributed by atoms with van der Waals surface area (Å²) < 4.78 is 0. The van der Waals surface area contributed by atoms with E-state index in [0.717, 1.165) is 25.7 Å². The molecule has 3 amide bonds. The van der Waals surface area contributed by atoms with Gasteiger partial charge in [-0.1, -0.05) is 23.8 Å². The molecule has 1 heterocycles. The molecule has 4 atom stereocenters. The van der Waals surface area contributed by atoms with Crippen molar-refractivity contribution in [2.75, 3.05) is 13.1 Å². The first-order chi connectivity index (χ1) is 11.6. The number of hydrogen-bond donors (Lipinski definition) is 1. The average Bonchev–Trinajstić information content (AvgIpc) is 3.26. The fraction of sp³-hybridized carbons (Fsp3) is 0.632. The average molecular weight is 328 g/mol. The lowest BCUT2D eigenvalue weighted by molar-refractivity contribution is -0.144.